The van der Waals surface area contributed by atoms with Crippen LogP contribution in [0.4, 0.5) is 0 Å². The van der Waals surface area contributed by atoms with Crippen molar-refractivity contribution in [2.75, 3.05) is 6.61 Å². The lowest BCUT2D eigenvalue weighted by Gasteiger charge is -2.12. The molecular formula is C16H18ClNO4. The van der Waals surface area contributed by atoms with Crippen LogP contribution in [0.5, 0.6) is 0 Å². The Bertz CT molecular complexity index is 649. The first-order valence-electron chi connectivity index (χ1n) is 7.01. The van der Waals surface area contributed by atoms with E-state index in [0.29, 0.717) is 28.7 Å². The van der Waals surface area contributed by atoms with E-state index in [-0.39, 0.29) is 18.2 Å². The number of benzene rings is 1. The molecule has 2 aromatic rings. The predicted octanol–water partition coefficient (Wildman–Crippen LogP) is 3.16. The lowest BCUT2D eigenvalue weighted by atomic mass is 10.1. The molecule has 118 valence electrons. The van der Waals surface area contributed by atoms with Crippen molar-refractivity contribution in [1.82, 2.24) is 5.32 Å². The number of furan rings is 1. The number of halogens is 1. The van der Waals surface area contributed by atoms with Crippen LogP contribution >= 0.6 is 11.6 Å². The van der Waals surface area contributed by atoms with E-state index < -0.39 is 5.97 Å². The minimum Gasteiger partial charge on any atom is -0.478 e. The van der Waals surface area contributed by atoms with Crippen molar-refractivity contribution >= 4 is 17.6 Å². The van der Waals surface area contributed by atoms with Gasteiger partial charge in [-0.2, -0.15) is 0 Å². The largest absolute Gasteiger partial charge is 0.478 e. The highest BCUT2D eigenvalue weighted by Crippen LogP contribution is 2.30. The van der Waals surface area contributed by atoms with E-state index in [9.17, 15) is 4.79 Å². The topological polar surface area (TPSA) is 82.7 Å². The molecule has 2 rings (SSSR count). The highest BCUT2D eigenvalue weighted by molar-refractivity contribution is 6.33. The van der Waals surface area contributed by atoms with Gasteiger partial charge < -0.3 is 19.9 Å². The van der Waals surface area contributed by atoms with Gasteiger partial charge in [-0.25, -0.2) is 4.79 Å². The van der Waals surface area contributed by atoms with E-state index in [1.165, 1.54) is 12.1 Å². The third-order valence-electron chi connectivity index (χ3n) is 3.42. The van der Waals surface area contributed by atoms with Gasteiger partial charge in [0.2, 0.25) is 0 Å². The number of hydrogen-bond acceptors (Lipinski definition) is 4. The SMILES string of the molecule is CCC(CO)NCc1ccc(-c2cc(C(=O)O)ccc2Cl)o1. The first-order chi connectivity index (χ1) is 10.5. The van der Waals surface area contributed by atoms with E-state index in [1.807, 2.05) is 6.92 Å². The van der Waals surface area contributed by atoms with Gasteiger partial charge in [-0.3, -0.25) is 0 Å². The minimum absolute atomic E-state index is 0.0208. The molecule has 6 heteroatoms. The van der Waals surface area contributed by atoms with Gasteiger partial charge in [0, 0.05) is 11.6 Å². The van der Waals surface area contributed by atoms with Crippen molar-refractivity contribution in [2.24, 2.45) is 0 Å². The van der Waals surface area contributed by atoms with Crippen LogP contribution in [0.1, 0.15) is 29.5 Å². The van der Waals surface area contributed by atoms with E-state index in [4.69, 9.17) is 26.2 Å². The van der Waals surface area contributed by atoms with Crippen LogP contribution in [0.2, 0.25) is 5.02 Å². The number of carboxylic acids is 1. The number of aliphatic hydroxyl groups is 1. The Hall–Kier alpha value is -1.82. The van der Waals surface area contributed by atoms with Gasteiger partial charge >= 0.3 is 5.97 Å². The smallest absolute Gasteiger partial charge is 0.335 e. The van der Waals surface area contributed by atoms with E-state index in [2.05, 4.69) is 5.32 Å². The van der Waals surface area contributed by atoms with Crippen LogP contribution in [0.3, 0.4) is 0 Å². The molecule has 0 spiro atoms. The summed E-state index contributed by atoms with van der Waals surface area (Å²) in [6, 6.07) is 8.06. The van der Waals surface area contributed by atoms with E-state index in [0.717, 1.165) is 6.42 Å². The summed E-state index contributed by atoms with van der Waals surface area (Å²) < 4.78 is 5.70. The third kappa shape index (κ3) is 3.88. The molecule has 0 amide bonds. The summed E-state index contributed by atoms with van der Waals surface area (Å²) in [7, 11) is 0. The second kappa shape index (κ2) is 7.45. The molecule has 0 bridgehead atoms. The molecule has 1 atom stereocenters. The van der Waals surface area contributed by atoms with E-state index in [1.54, 1.807) is 18.2 Å². The first kappa shape index (κ1) is 16.5. The number of carbonyl (C=O) groups is 1. The summed E-state index contributed by atoms with van der Waals surface area (Å²) in [6.07, 6.45) is 0.816. The fourth-order valence-corrected chi connectivity index (χ4v) is 2.26. The Morgan fingerprint density at radius 1 is 1.36 bits per heavy atom. The quantitative estimate of drug-likeness (QED) is 0.729. The highest BCUT2D eigenvalue weighted by atomic mass is 35.5. The normalized spacial score (nSPS) is 12.3. The Morgan fingerprint density at radius 3 is 2.77 bits per heavy atom. The number of aromatic carboxylic acids is 1. The molecule has 1 aromatic carbocycles. The summed E-state index contributed by atoms with van der Waals surface area (Å²) in [5.74, 6) is 0.195. The molecule has 0 aliphatic carbocycles. The lowest BCUT2D eigenvalue weighted by Crippen LogP contribution is -2.30. The lowest BCUT2D eigenvalue weighted by molar-refractivity contribution is 0.0697. The van der Waals surface area contributed by atoms with Crippen molar-refractivity contribution in [1.29, 1.82) is 0 Å². The van der Waals surface area contributed by atoms with Crippen LogP contribution in [0.15, 0.2) is 34.7 Å². The Labute approximate surface area is 133 Å². The zero-order valence-electron chi connectivity index (χ0n) is 12.2. The maximum atomic E-state index is 11.0. The predicted molar refractivity (Wildman–Crippen MR) is 84.1 cm³/mol. The number of hydrogen-bond donors (Lipinski definition) is 3. The molecule has 0 fully saturated rings. The third-order valence-corrected chi connectivity index (χ3v) is 3.75. The fourth-order valence-electron chi connectivity index (χ4n) is 2.05. The molecule has 0 saturated carbocycles. The standard InChI is InChI=1S/C16H18ClNO4/c1-2-11(9-19)18-8-12-4-6-15(22-12)13-7-10(16(20)21)3-5-14(13)17/h3-7,11,18-19H,2,8-9H2,1H3,(H,20,21). The van der Waals surface area contributed by atoms with Gasteiger partial charge in [-0.15, -0.1) is 0 Å². The number of rotatable bonds is 7. The second-order valence-electron chi connectivity index (χ2n) is 4.93. The van der Waals surface area contributed by atoms with Crippen molar-refractivity contribution in [2.45, 2.75) is 25.9 Å². The second-order valence-corrected chi connectivity index (χ2v) is 5.34. The summed E-state index contributed by atoms with van der Waals surface area (Å²) in [4.78, 5) is 11.0. The van der Waals surface area contributed by atoms with Gasteiger partial charge in [0.15, 0.2) is 0 Å². The van der Waals surface area contributed by atoms with Gasteiger partial charge in [0.05, 0.1) is 23.7 Å². The van der Waals surface area contributed by atoms with Crippen LogP contribution < -0.4 is 5.32 Å². The molecule has 0 radical (unpaired) electrons. The van der Waals surface area contributed by atoms with Gasteiger partial charge in [0.1, 0.15) is 11.5 Å². The summed E-state index contributed by atoms with van der Waals surface area (Å²) in [5.41, 5.74) is 0.698. The number of aliphatic hydroxyl groups excluding tert-OH is 1. The Balaban J connectivity index is 2.17. The maximum absolute atomic E-state index is 11.0. The highest BCUT2D eigenvalue weighted by Gasteiger charge is 2.13. The Kier molecular flexibility index (Phi) is 5.60. The first-order valence-corrected chi connectivity index (χ1v) is 7.39. The minimum atomic E-state index is -1.01. The molecular weight excluding hydrogens is 306 g/mol. The van der Waals surface area contributed by atoms with Gasteiger partial charge in [-0.1, -0.05) is 18.5 Å². The number of carboxylic acid groups (broad SMARTS) is 1. The van der Waals surface area contributed by atoms with Crippen LogP contribution in [-0.4, -0.2) is 28.8 Å². The van der Waals surface area contributed by atoms with Crippen molar-refractivity contribution in [3.63, 3.8) is 0 Å². The average molecular weight is 324 g/mol. The summed E-state index contributed by atoms with van der Waals surface area (Å²) in [6.45, 7) is 2.53. The molecule has 1 unspecified atom stereocenters. The zero-order chi connectivity index (χ0) is 16.1. The van der Waals surface area contributed by atoms with Crippen LogP contribution in [-0.2, 0) is 6.54 Å². The van der Waals surface area contributed by atoms with Gasteiger partial charge in [0.25, 0.3) is 0 Å². The monoisotopic (exact) mass is 323 g/mol. The molecule has 0 aliphatic heterocycles. The molecule has 5 nitrogen and oxygen atoms in total. The summed E-state index contributed by atoms with van der Waals surface area (Å²) >= 11 is 6.12. The molecule has 0 saturated heterocycles. The Morgan fingerprint density at radius 2 is 2.14 bits per heavy atom. The fraction of sp³-hybridized carbons (Fsp3) is 0.312. The average Bonchev–Trinajstić information content (AvgIpc) is 2.97. The molecule has 22 heavy (non-hydrogen) atoms. The van der Waals surface area contributed by atoms with Crippen molar-refractivity contribution in [3.8, 4) is 11.3 Å². The maximum Gasteiger partial charge on any atom is 0.335 e. The van der Waals surface area contributed by atoms with E-state index >= 15 is 0 Å². The zero-order valence-corrected chi connectivity index (χ0v) is 12.9. The van der Waals surface area contributed by atoms with Gasteiger partial charge in [-0.05, 0) is 36.8 Å². The van der Waals surface area contributed by atoms with Crippen LogP contribution in [0.25, 0.3) is 11.3 Å². The number of nitrogens with one attached hydrogen (secondary N) is 1. The van der Waals surface area contributed by atoms with Crippen molar-refractivity contribution < 1.29 is 19.4 Å². The molecule has 0 aliphatic rings. The molecule has 1 heterocycles. The summed E-state index contributed by atoms with van der Waals surface area (Å²) in [5, 5.41) is 21.8. The van der Waals surface area contributed by atoms with Crippen molar-refractivity contribution in [3.05, 3.63) is 46.7 Å². The van der Waals surface area contributed by atoms with Crippen LogP contribution in [0, 0.1) is 0 Å². The molecule has 1 aromatic heterocycles. The molecule has 3 N–H and O–H groups in total.